The third-order valence-electron chi connectivity index (χ3n) is 8.06. The highest BCUT2D eigenvalue weighted by atomic mass is 16.5. The van der Waals surface area contributed by atoms with Gasteiger partial charge >= 0.3 is 0 Å². The van der Waals surface area contributed by atoms with E-state index in [0.717, 1.165) is 51.3 Å². The van der Waals surface area contributed by atoms with Crippen LogP contribution in [0.5, 0.6) is 5.75 Å². The van der Waals surface area contributed by atoms with Crippen LogP contribution < -0.4 is 15.4 Å². The molecule has 0 aromatic heterocycles. The maximum Gasteiger partial charge on any atom is 0.255 e. The van der Waals surface area contributed by atoms with Crippen molar-refractivity contribution >= 4 is 23.6 Å². The molecule has 3 aliphatic heterocycles. The van der Waals surface area contributed by atoms with Crippen molar-refractivity contribution in [1.29, 1.82) is 0 Å². The summed E-state index contributed by atoms with van der Waals surface area (Å²) in [5, 5.41) is 5.60. The van der Waals surface area contributed by atoms with Gasteiger partial charge in [0.1, 0.15) is 18.4 Å². The minimum atomic E-state index is -1.14. The van der Waals surface area contributed by atoms with Gasteiger partial charge < -0.3 is 29.9 Å². The number of hydrogen-bond donors (Lipinski definition) is 2. The molecule has 0 unspecified atom stereocenters. The Morgan fingerprint density at radius 1 is 0.976 bits per heavy atom. The van der Waals surface area contributed by atoms with Crippen LogP contribution in [0.3, 0.4) is 0 Å². The Hall–Kier alpha value is -3.96. The first kappa shape index (κ1) is 29.5. The zero-order valence-electron chi connectivity index (χ0n) is 24.0. The van der Waals surface area contributed by atoms with E-state index in [0.29, 0.717) is 12.3 Å². The van der Waals surface area contributed by atoms with Crippen LogP contribution in [-0.2, 0) is 32.2 Å². The molecule has 3 heterocycles. The van der Waals surface area contributed by atoms with Crippen LogP contribution in [0.25, 0.3) is 0 Å². The van der Waals surface area contributed by atoms with E-state index in [9.17, 15) is 19.2 Å². The fourth-order valence-electron chi connectivity index (χ4n) is 5.55. The minimum absolute atomic E-state index is 0.106. The fraction of sp³-hybridized carbons (Fsp3) is 0.484. The van der Waals surface area contributed by atoms with Crippen LogP contribution in [-0.4, -0.2) is 103 Å². The van der Waals surface area contributed by atoms with Crippen molar-refractivity contribution in [2.45, 2.75) is 44.4 Å². The standard InChI is InChI=1S/C31H39N5O6/c1-34-20-29(38)36-12-4-5-24(36)21-42-27-7-3-2-6-25(27)30(39)33-26(17-28(34)37)31(40)32-18-22-8-10-23(11-9-22)19-35-13-15-41-16-14-35/h2-3,6-11,24,26H,4-5,12-21H2,1H3,(H,32,40)(H,33,39)/t24-,26+/m1/s1. The first-order valence-corrected chi connectivity index (χ1v) is 14.6. The monoisotopic (exact) mass is 577 g/mol. The number of likely N-dealkylation sites (N-methyl/N-ethyl adjacent to an activating group) is 1. The third kappa shape index (κ3) is 7.46. The molecular weight excluding hydrogens is 538 g/mol. The van der Waals surface area contributed by atoms with E-state index < -0.39 is 23.8 Å². The number of morpholine rings is 1. The highest BCUT2D eigenvalue weighted by Gasteiger charge is 2.33. The van der Waals surface area contributed by atoms with E-state index in [1.165, 1.54) is 17.5 Å². The second kappa shape index (κ2) is 13.8. The van der Waals surface area contributed by atoms with Gasteiger partial charge in [0.25, 0.3) is 5.91 Å². The normalized spacial score (nSPS) is 22.5. The number of benzene rings is 2. The lowest BCUT2D eigenvalue weighted by Crippen LogP contribution is -2.50. The second-order valence-corrected chi connectivity index (χ2v) is 11.1. The van der Waals surface area contributed by atoms with Crippen molar-refractivity contribution in [3.63, 3.8) is 0 Å². The summed E-state index contributed by atoms with van der Waals surface area (Å²) in [4.78, 5) is 58.3. The summed E-state index contributed by atoms with van der Waals surface area (Å²) in [5.41, 5.74) is 2.34. The number of hydrogen-bond acceptors (Lipinski definition) is 7. The Morgan fingerprint density at radius 3 is 2.50 bits per heavy atom. The molecule has 5 rings (SSSR count). The van der Waals surface area contributed by atoms with Gasteiger partial charge in [0.2, 0.25) is 17.7 Å². The number of carbonyl (C=O) groups is 4. The molecule has 2 aromatic carbocycles. The number of ether oxygens (including phenoxy) is 2. The molecular formula is C31H39N5O6. The average molecular weight is 578 g/mol. The number of amides is 4. The van der Waals surface area contributed by atoms with E-state index in [2.05, 4.69) is 15.5 Å². The number of nitrogens with one attached hydrogen (secondary N) is 2. The number of carbonyl (C=O) groups excluding carboxylic acids is 4. The number of para-hydroxylation sites is 1. The maximum atomic E-state index is 13.4. The molecule has 11 nitrogen and oxygen atoms in total. The quantitative estimate of drug-likeness (QED) is 0.547. The summed E-state index contributed by atoms with van der Waals surface area (Å²) in [6.45, 7) is 5.10. The molecule has 2 N–H and O–H groups in total. The van der Waals surface area contributed by atoms with Crippen molar-refractivity contribution in [3.05, 3.63) is 65.2 Å². The molecule has 11 heteroatoms. The maximum absolute atomic E-state index is 13.4. The van der Waals surface area contributed by atoms with Gasteiger partial charge in [-0.15, -0.1) is 0 Å². The summed E-state index contributed by atoms with van der Waals surface area (Å²) in [6, 6.07) is 13.5. The van der Waals surface area contributed by atoms with Gasteiger partial charge in [-0.1, -0.05) is 36.4 Å². The van der Waals surface area contributed by atoms with E-state index in [-0.39, 0.29) is 43.6 Å². The smallest absolute Gasteiger partial charge is 0.255 e. The fourth-order valence-corrected chi connectivity index (χ4v) is 5.55. The molecule has 0 radical (unpaired) electrons. The van der Waals surface area contributed by atoms with Crippen LogP contribution in [0, 0.1) is 0 Å². The first-order chi connectivity index (χ1) is 20.4. The zero-order chi connectivity index (χ0) is 29.5. The molecule has 3 aliphatic rings. The van der Waals surface area contributed by atoms with Crippen molar-refractivity contribution in [3.8, 4) is 5.75 Å². The third-order valence-corrected chi connectivity index (χ3v) is 8.06. The predicted octanol–water partition coefficient (Wildman–Crippen LogP) is 1.17. The Morgan fingerprint density at radius 2 is 1.71 bits per heavy atom. The van der Waals surface area contributed by atoms with Crippen LogP contribution in [0.1, 0.15) is 40.7 Å². The SMILES string of the molecule is CN1CC(=O)N2CCC[C@@H]2COc2ccccc2C(=O)N[C@H](C(=O)NCc2ccc(CN3CCOCC3)cc2)CC1=O. The average Bonchev–Trinajstić information content (AvgIpc) is 3.48. The van der Waals surface area contributed by atoms with Gasteiger partial charge in [0.05, 0.1) is 37.8 Å². The van der Waals surface area contributed by atoms with E-state index in [4.69, 9.17) is 9.47 Å². The Labute approximate surface area is 246 Å². The highest BCUT2D eigenvalue weighted by Crippen LogP contribution is 2.23. The van der Waals surface area contributed by atoms with Gasteiger partial charge in [0.15, 0.2) is 0 Å². The van der Waals surface area contributed by atoms with Gasteiger partial charge in [-0.05, 0) is 36.1 Å². The van der Waals surface area contributed by atoms with Gasteiger partial charge in [-0.2, -0.15) is 0 Å². The van der Waals surface area contributed by atoms with E-state index in [1.807, 2.05) is 24.3 Å². The van der Waals surface area contributed by atoms with Crippen LogP contribution in [0.15, 0.2) is 48.5 Å². The van der Waals surface area contributed by atoms with Gasteiger partial charge in [0, 0.05) is 39.8 Å². The molecule has 0 saturated carbocycles. The second-order valence-electron chi connectivity index (χ2n) is 11.1. The lowest BCUT2D eigenvalue weighted by atomic mass is 10.1. The lowest BCUT2D eigenvalue weighted by Gasteiger charge is -2.29. The Kier molecular flexibility index (Phi) is 9.70. The van der Waals surface area contributed by atoms with E-state index >= 15 is 0 Å². The molecule has 0 bridgehead atoms. The van der Waals surface area contributed by atoms with E-state index in [1.54, 1.807) is 29.2 Å². The molecule has 224 valence electrons. The lowest BCUT2D eigenvalue weighted by molar-refractivity contribution is -0.141. The molecule has 2 aromatic rings. The van der Waals surface area contributed by atoms with Crippen LogP contribution in [0.4, 0.5) is 0 Å². The van der Waals surface area contributed by atoms with Crippen molar-refractivity contribution in [2.75, 3.05) is 53.0 Å². The molecule has 42 heavy (non-hydrogen) atoms. The van der Waals surface area contributed by atoms with Crippen LogP contribution >= 0.6 is 0 Å². The summed E-state index contributed by atoms with van der Waals surface area (Å²) < 4.78 is 11.4. The van der Waals surface area contributed by atoms with Crippen molar-refractivity contribution < 1.29 is 28.7 Å². The zero-order valence-corrected chi connectivity index (χ0v) is 24.0. The summed E-state index contributed by atoms with van der Waals surface area (Å²) in [7, 11) is 1.54. The molecule has 2 saturated heterocycles. The molecule has 0 aliphatic carbocycles. The topological polar surface area (TPSA) is 121 Å². The van der Waals surface area contributed by atoms with Crippen molar-refractivity contribution in [1.82, 2.24) is 25.3 Å². The summed E-state index contributed by atoms with van der Waals surface area (Å²) >= 11 is 0. The Bertz CT molecular complexity index is 1280. The van der Waals surface area contributed by atoms with Crippen molar-refractivity contribution in [2.24, 2.45) is 0 Å². The highest BCUT2D eigenvalue weighted by molar-refractivity contribution is 6.01. The Balaban J connectivity index is 1.28. The number of nitrogens with zero attached hydrogens (tertiary/aromatic N) is 3. The largest absolute Gasteiger partial charge is 0.491 e. The number of fused-ring (bicyclic) bond motifs is 2. The van der Waals surface area contributed by atoms with Gasteiger partial charge in [-0.25, -0.2) is 0 Å². The molecule has 4 amide bonds. The summed E-state index contributed by atoms with van der Waals surface area (Å²) in [5.74, 6) is -1.20. The molecule has 2 atom stereocenters. The number of rotatable bonds is 5. The van der Waals surface area contributed by atoms with Crippen LogP contribution in [0.2, 0.25) is 0 Å². The van der Waals surface area contributed by atoms with Gasteiger partial charge in [-0.3, -0.25) is 24.1 Å². The molecule has 2 fully saturated rings. The summed E-state index contributed by atoms with van der Waals surface area (Å²) in [6.07, 6.45) is 1.35. The minimum Gasteiger partial charge on any atom is -0.491 e. The predicted molar refractivity (Wildman–Crippen MR) is 155 cm³/mol. The first-order valence-electron chi connectivity index (χ1n) is 14.6. The molecule has 0 spiro atoms.